The Labute approximate surface area is 78.2 Å². The highest BCUT2D eigenvalue weighted by Crippen LogP contribution is 2.27. The number of rotatable bonds is 1. The third kappa shape index (κ3) is 1.44. The third-order valence-electron chi connectivity index (χ3n) is 2.59. The number of nitrogens with zero attached hydrogens (tertiary/aromatic N) is 1. The molecule has 0 amide bonds. The fraction of sp³-hybridized carbons (Fsp3) is 0.364. The maximum Gasteiger partial charge on any atom is 0.125 e. The van der Waals surface area contributed by atoms with E-state index in [0.29, 0.717) is 0 Å². The van der Waals surface area contributed by atoms with E-state index in [0.717, 1.165) is 19.3 Å². The summed E-state index contributed by atoms with van der Waals surface area (Å²) in [6, 6.07) is 8.27. The van der Waals surface area contributed by atoms with Crippen LogP contribution >= 0.6 is 0 Å². The highest BCUT2D eigenvalue weighted by atomic mass is 16.1. The summed E-state index contributed by atoms with van der Waals surface area (Å²) in [4.78, 5) is 12.8. The van der Waals surface area contributed by atoms with Crippen molar-refractivity contribution >= 4 is 12.0 Å². The molecule has 0 unspecified atom stereocenters. The molecule has 1 atom stereocenters. The largest absolute Gasteiger partial charge is 0.374 e. The first-order chi connectivity index (χ1) is 6.31. The second-order valence-corrected chi connectivity index (χ2v) is 3.61. The Morgan fingerprint density at radius 1 is 1.46 bits per heavy atom. The van der Waals surface area contributed by atoms with Crippen LogP contribution in [0.5, 0.6) is 0 Å². The molecular formula is C11H13NO. The molecule has 0 aromatic heterocycles. The lowest BCUT2D eigenvalue weighted by Gasteiger charge is -2.30. The molecule has 0 aliphatic carbocycles. The van der Waals surface area contributed by atoms with E-state index in [1.807, 2.05) is 19.2 Å². The van der Waals surface area contributed by atoms with E-state index in [9.17, 15) is 4.79 Å². The van der Waals surface area contributed by atoms with Crippen LogP contribution in [0.2, 0.25) is 0 Å². The molecule has 0 radical (unpaired) electrons. The lowest BCUT2D eigenvalue weighted by molar-refractivity contribution is -0.110. The van der Waals surface area contributed by atoms with E-state index in [2.05, 4.69) is 17.0 Å². The van der Waals surface area contributed by atoms with Gasteiger partial charge >= 0.3 is 0 Å². The van der Waals surface area contributed by atoms with Gasteiger partial charge in [0.05, 0.1) is 0 Å². The van der Waals surface area contributed by atoms with Gasteiger partial charge in [-0.1, -0.05) is 18.2 Å². The maximum atomic E-state index is 10.7. The van der Waals surface area contributed by atoms with Gasteiger partial charge in [-0.3, -0.25) is 0 Å². The minimum absolute atomic E-state index is 0.167. The zero-order valence-electron chi connectivity index (χ0n) is 7.73. The quantitative estimate of drug-likeness (QED) is 0.603. The number of anilines is 1. The van der Waals surface area contributed by atoms with Crippen LogP contribution in [0.25, 0.3) is 0 Å². The van der Waals surface area contributed by atoms with Gasteiger partial charge in [0.25, 0.3) is 0 Å². The fourth-order valence-corrected chi connectivity index (χ4v) is 1.94. The van der Waals surface area contributed by atoms with Gasteiger partial charge in [0, 0.05) is 25.2 Å². The molecule has 2 heteroatoms. The van der Waals surface area contributed by atoms with Gasteiger partial charge in [0.1, 0.15) is 6.29 Å². The number of aldehydes is 1. The first-order valence-electron chi connectivity index (χ1n) is 4.55. The lowest BCUT2D eigenvalue weighted by Crippen LogP contribution is -2.32. The van der Waals surface area contributed by atoms with Gasteiger partial charge in [-0.15, -0.1) is 0 Å². The summed E-state index contributed by atoms with van der Waals surface area (Å²) in [5.74, 6) is 0.167. The Kier molecular flexibility index (Phi) is 2.05. The van der Waals surface area contributed by atoms with Crippen LogP contribution in [0.15, 0.2) is 24.3 Å². The van der Waals surface area contributed by atoms with Gasteiger partial charge in [-0.25, -0.2) is 0 Å². The van der Waals surface area contributed by atoms with E-state index in [-0.39, 0.29) is 5.92 Å². The molecule has 0 spiro atoms. The molecule has 0 fully saturated rings. The number of hydrogen-bond donors (Lipinski definition) is 0. The minimum atomic E-state index is 0.167. The van der Waals surface area contributed by atoms with Crippen LogP contribution in [-0.2, 0) is 11.2 Å². The van der Waals surface area contributed by atoms with E-state index in [1.165, 1.54) is 11.3 Å². The zero-order chi connectivity index (χ0) is 9.26. The van der Waals surface area contributed by atoms with E-state index in [4.69, 9.17) is 0 Å². The molecule has 1 aromatic carbocycles. The van der Waals surface area contributed by atoms with Crippen molar-refractivity contribution in [3.8, 4) is 0 Å². The number of benzene rings is 1. The van der Waals surface area contributed by atoms with Crippen molar-refractivity contribution in [2.75, 3.05) is 18.5 Å². The van der Waals surface area contributed by atoms with Crippen molar-refractivity contribution in [2.24, 2.45) is 5.92 Å². The molecule has 2 nitrogen and oxygen atoms in total. The summed E-state index contributed by atoms with van der Waals surface area (Å²) in [6.45, 7) is 0.848. The average Bonchev–Trinajstić information content (AvgIpc) is 2.18. The SMILES string of the molecule is CN1C[C@@H](C=O)Cc2ccccc21. The van der Waals surface area contributed by atoms with Gasteiger partial charge in [-0.05, 0) is 18.1 Å². The first kappa shape index (κ1) is 8.30. The second-order valence-electron chi connectivity index (χ2n) is 3.61. The van der Waals surface area contributed by atoms with Crippen LogP contribution in [0, 0.1) is 5.92 Å². The molecule has 2 rings (SSSR count). The van der Waals surface area contributed by atoms with Crippen LogP contribution in [0.1, 0.15) is 5.56 Å². The monoisotopic (exact) mass is 175 g/mol. The molecular weight excluding hydrogens is 162 g/mol. The lowest BCUT2D eigenvalue weighted by atomic mass is 9.94. The first-order valence-corrected chi connectivity index (χ1v) is 4.55. The number of para-hydroxylation sites is 1. The van der Waals surface area contributed by atoms with Crippen LogP contribution in [-0.4, -0.2) is 19.9 Å². The molecule has 0 saturated carbocycles. The molecule has 1 aromatic rings. The van der Waals surface area contributed by atoms with E-state index >= 15 is 0 Å². The normalized spacial score (nSPS) is 21.0. The van der Waals surface area contributed by atoms with Crippen molar-refractivity contribution in [1.82, 2.24) is 0 Å². The van der Waals surface area contributed by atoms with Crippen molar-refractivity contribution in [3.05, 3.63) is 29.8 Å². The molecule has 0 N–H and O–H groups in total. The van der Waals surface area contributed by atoms with E-state index < -0.39 is 0 Å². The summed E-state index contributed by atoms with van der Waals surface area (Å²) in [6.07, 6.45) is 1.95. The second kappa shape index (κ2) is 3.21. The highest BCUT2D eigenvalue weighted by Gasteiger charge is 2.20. The maximum absolute atomic E-state index is 10.7. The summed E-state index contributed by atoms with van der Waals surface area (Å²) >= 11 is 0. The Morgan fingerprint density at radius 2 is 2.23 bits per heavy atom. The molecule has 68 valence electrons. The van der Waals surface area contributed by atoms with Crippen molar-refractivity contribution in [3.63, 3.8) is 0 Å². The molecule has 13 heavy (non-hydrogen) atoms. The number of hydrogen-bond acceptors (Lipinski definition) is 2. The summed E-state index contributed by atoms with van der Waals surface area (Å²) in [5, 5.41) is 0. The third-order valence-corrected chi connectivity index (χ3v) is 2.59. The summed E-state index contributed by atoms with van der Waals surface area (Å²) in [7, 11) is 2.04. The molecule has 1 aliphatic rings. The van der Waals surface area contributed by atoms with Gasteiger partial charge in [0.15, 0.2) is 0 Å². The topological polar surface area (TPSA) is 20.3 Å². The smallest absolute Gasteiger partial charge is 0.125 e. The van der Waals surface area contributed by atoms with Crippen LogP contribution < -0.4 is 4.90 Å². The van der Waals surface area contributed by atoms with Crippen molar-refractivity contribution < 1.29 is 4.79 Å². The standard InChI is InChI=1S/C11H13NO/c1-12-7-9(8-13)6-10-4-2-3-5-11(10)12/h2-5,8-9H,6-7H2,1H3/t9-/m0/s1. The highest BCUT2D eigenvalue weighted by molar-refractivity contribution is 5.63. The molecule has 1 aliphatic heterocycles. The van der Waals surface area contributed by atoms with Gasteiger partial charge in [-0.2, -0.15) is 0 Å². The number of carbonyl (C=O) groups excluding carboxylic acids is 1. The zero-order valence-corrected chi connectivity index (χ0v) is 7.73. The summed E-state index contributed by atoms with van der Waals surface area (Å²) < 4.78 is 0. The summed E-state index contributed by atoms with van der Waals surface area (Å²) in [5.41, 5.74) is 2.55. The Bertz CT molecular complexity index is 322. The number of carbonyl (C=O) groups is 1. The predicted molar refractivity (Wildman–Crippen MR) is 53.0 cm³/mol. The Morgan fingerprint density at radius 3 is 3.00 bits per heavy atom. The van der Waals surface area contributed by atoms with Gasteiger partial charge < -0.3 is 9.69 Å². The molecule has 1 heterocycles. The molecule has 0 saturated heterocycles. The predicted octanol–water partition coefficient (Wildman–Crippen LogP) is 1.49. The van der Waals surface area contributed by atoms with Crippen LogP contribution in [0.3, 0.4) is 0 Å². The number of fused-ring (bicyclic) bond motifs is 1. The molecule has 0 bridgehead atoms. The Hall–Kier alpha value is -1.31. The fourth-order valence-electron chi connectivity index (χ4n) is 1.94. The average molecular weight is 175 g/mol. The van der Waals surface area contributed by atoms with E-state index in [1.54, 1.807) is 0 Å². The Balaban J connectivity index is 2.36. The van der Waals surface area contributed by atoms with Crippen molar-refractivity contribution in [1.29, 1.82) is 0 Å². The van der Waals surface area contributed by atoms with Gasteiger partial charge in [0.2, 0.25) is 0 Å². The van der Waals surface area contributed by atoms with Crippen LogP contribution in [0.4, 0.5) is 5.69 Å². The van der Waals surface area contributed by atoms with Crippen molar-refractivity contribution in [2.45, 2.75) is 6.42 Å². The minimum Gasteiger partial charge on any atom is -0.374 e.